The number of aliphatic carboxylic acids is 2. The van der Waals surface area contributed by atoms with Crippen LogP contribution < -0.4 is 27.0 Å². The predicted molar refractivity (Wildman–Crippen MR) is 126 cm³/mol. The normalized spacial score (nSPS) is 13.8. The van der Waals surface area contributed by atoms with E-state index < -0.39 is 85.9 Å². The maximum absolute atomic E-state index is 12.9. The summed E-state index contributed by atoms with van der Waals surface area (Å²) < 4.78 is 0. The maximum atomic E-state index is 12.9. The molecule has 0 bridgehead atoms. The molecule has 204 valence electrons. The van der Waals surface area contributed by atoms with Crippen LogP contribution in [0.15, 0.2) is 30.3 Å². The number of aliphatic hydroxyl groups excluding tert-OH is 2. The number of aliphatic hydroxyl groups is 2. The largest absolute Gasteiger partial charge is 0.481 e. The fourth-order valence-corrected chi connectivity index (χ4v) is 2.97. The van der Waals surface area contributed by atoms with Crippen LogP contribution in [0.5, 0.6) is 0 Å². The Bertz CT molecular complexity index is 958. The standard InChI is InChI=1S/C22H31N5O10/c23-13(6-7-17(30)31)19(34)26-16(11-29)22(37)25-14(8-12-4-2-1-3-5-12)21(36)27-15(10-28)20(35)24-9-18(32)33/h1-5,13-16,28-29H,6-11,23H2,(H,24,35)(H,25,37)(H,26,34)(H,27,36)(H,30,31)(H,32,33)/t13-,14-,15-,16-/m0/s1. The summed E-state index contributed by atoms with van der Waals surface area (Å²) in [6.07, 6.45) is -0.694. The molecule has 0 aliphatic carbocycles. The van der Waals surface area contributed by atoms with Gasteiger partial charge in [-0.25, -0.2) is 0 Å². The van der Waals surface area contributed by atoms with E-state index >= 15 is 0 Å². The van der Waals surface area contributed by atoms with Crippen molar-refractivity contribution in [3.63, 3.8) is 0 Å². The number of nitrogens with one attached hydrogen (secondary N) is 4. The van der Waals surface area contributed by atoms with Gasteiger partial charge in [-0.1, -0.05) is 30.3 Å². The average molecular weight is 526 g/mol. The summed E-state index contributed by atoms with van der Waals surface area (Å²) in [6, 6.07) is 2.71. The highest BCUT2D eigenvalue weighted by Crippen LogP contribution is 2.05. The number of amides is 4. The van der Waals surface area contributed by atoms with Crippen LogP contribution in [0.4, 0.5) is 0 Å². The Morgan fingerprint density at radius 2 is 1.24 bits per heavy atom. The van der Waals surface area contributed by atoms with Crippen LogP contribution in [0, 0.1) is 0 Å². The third-order valence-corrected chi connectivity index (χ3v) is 4.97. The van der Waals surface area contributed by atoms with Crippen molar-refractivity contribution >= 4 is 35.6 Å². The molecule has 0 aliphatic heterocycles. The van der Waals surface area contributed by atoms with Crippen molar-refractivity contribution in [3.8, 4) is 0 Å². The number of carbonyl (C=O) groups excluding carboxylic acids is 4. The molecular formula is C22H31N5O10. The molecule has 15 nitrogen and oxygen atoms in total. The summed E-state index contributed by atoms with van der Waals surface area (Å²) in [5.74, 6) is -6.28. The Labute approximate surface area is 211 Å². The van der Waals surface area contributed by atoms with Crippen LogP contribution in [0.1, 0.15) is 18.4 Å². The average Bonchev–Trinajstić information content (AvgIpc) is 2.87. The number of benzene rings is 1. The summed E-state index contributed by atoms with van der Waals surface area (Å²) in [6.45, 7) is -2.49. The van der Waals surface area contributed by atoms with Crippen LogP contribution in [0.3, 0.4) is 0 Å². The summed E-state index contributed by atoms with van der Waals surface area (Å²) in [5.41, 5.74) is 6.21. The van der Waals surface area contributed by atoms with Gasteiger partial charge in [0.25, 0.3) is 0 Å². The van der Waals surface area contributed by atoms with E-state index in [9.17, 15) is 39.0 Å². The second kappa shape index (κ2) is 15.8. The van der Waals surface area contributed by atoms with Crippen LogP contribution in [0.2, 0.25) is 0 Å². The lowest BCUT2D eigenvalue weighted by molar-refractivity contribution is -0.139. The van der Waals surface area contributed by atoms with Gasteiger partial charge < -0.3 is 47.4 Å². The lowest BCUT2D eigenvalue weighted by Gasteiger charge is -2.24. The Morgan fingerprint density at radius 3 is 1.78 bits per heavy atom. The van der Waals surface area contributed by atoms with E-state index in [1.807, 2.05) is 5.32 Å². The molecule has 0 unspecified atom stereocenters. The predicted octanol–water partition coefficient (Wildman–Crippen LogP) is -3.94. The minimum atomic E-state index is -1.54. The Balaban J connectivity index is 2.97. The molecule has 0 aliphatic rings. The Hall–Kier alpha value is -4.08. The number of carbonyl (C=O) groups is 6. The van der Waals surface area contributed by atoms with Gasteiger partial charge in [0.1, 0.15) is 24.7 Å². The van der Waals surface area contributed by atoms with Crippen molar-refractivity contribution < 1.29 is 49.2 Å². The third kappa shape index (κ3) is 11.5. The molecular weight excluding hydrogens is 494 g/mol. The second-order valence-corrected chi connectivity index (χ2v) is 7.89. The zero-order chi connectivity index (χ0) is 28.0. The fraction of sp³-hybridized carbons (Fsp3) is 0.455. The van der Waals surface area contributed by atoms with Gasteiger partial charge in [-0.05, 0) is 12.0 Å². The van der Waals surface area contributed by atoms with Gasteiger partial charge in [0.15, 0.2) is 0 Å². The fourth-order valence-electron chi connectivity index (χ4n) is 2.97. The first-order chi connectivity index (χ1) is 17.5. The molecule has 37 heavy (non-hydrogen) atoms. The summed E-state index contributed by atoms with van der Waals surface area (Å²) in [5, 5.41) is 45.3. The molecule has 0 heterocycles. The smallest absolute Gasteiger partial charge is 0.322 e. The third-order valence-electron chi connectivity index (χ3n) is 4.97. The SMILES string of the molecule is N[C@@H](CCC(=O)O)C(=O)N[C@@H](CO)C(=O)N[C@@H](Cc1ccccc1)C(=O)N[C@@H](CO)C(=O)NCC(=O)O. The van der Waals surface area contributed by atoms with E-state index in [0.29, 0.717) is 5.56 Å². The molecule has 0 radical (unpaired) electrons. The molecule has 1 aromatic carbocycles. The van der Waals surface area contributed by atoms with Crippen molar-refractivity contribution in [2.75, 3.05) is 19.8 Å². The number of rotatable bonds is 16. The maximum Gasteiger partial charge on any atom is 0.322 e. The quantitative estimate of drug-likeness (QED) is 0.101. The first-order valence-electron chi connectivity index (χ1n) is 11.1. The van der Waals surface area contributed by atoms with Gasteiger partial charge in [0.2, 0.25) is 23.6 Å². The molecule has 0 spiro atoms. The molecule has 0 saturated carbocycles. The first-order valence-corrected chi connectivity index (χ1v) is 11.1. The van der Waals surface area contributed by atoms with E-state index in [1.165, 1.54) is 0 Å². The van der Waals surface area contributed by atoms with Crippen LogP contribution >= 0.6 is 0 Å². The first kappa shape index (κ1) is 31.0. The Morgan fingerprint density at radius 1 is 0.730 bits per heavy atom. The molecule has 1 aromatic rings. The minimum Gasteiger partial charge on any atom is -0.481 e. The highest BCUT2D eigenvalue weighted by molar-refractivity contribution is 5.95. The lowest BCUT2D eigenvalue weighted by Crippen LogP contribution is -2.59. The van der Waals surface area contributed by atoms with Crippen LogP contribution in [-0.2, 0) is 35.2 Å². The van der Waals surface area contributed by atoms with Gasteiger partial charge in [0, 0.05) is 12.8 Å². The van der Waals surface area contributed by atoms with Crippen molar-refractivity contribution in [1.82, 2.24) is 21.3 Å². The summed E-state index contributed by atoms with van der Waals surface area (Å²) >= 11 is 0. The molecule has 4 atom stereocenters. The van der Waals surface area contributed by atoms with E-state index in [1.54, 1.807) is 30.3 Å². The number of carboxylic acids is 2. The van der Waals surface area contributed by atoms with Gasteiger partial charge >= 0.3 is 11.9 Å². The minimum absolute atomic E-state index is 0.0858. The van der Waals surface area contributed by atoms with E-state index in [0.717, 1.165) is 0 Å². The number of nitrogens with two attached hydrogens (primary N) is 1. The van der Waals surface area contributed by atoms with E-state index in [4.69, 9.17) is 15.9 Å². The number of hydrogen-bond donors (Lipinski definition) is 9. The van der Waals surface area contributed by atoms with E-state index in [2.05, 4.69) is 16.0 Å². The second-order valence-electron chi connectivity index (χ2n) is 7.89. The molecule has 4 amide bonds. The molecule has 10 N–H and O–H groups in total. The highest BCUT2D eigenvalue weighted by Gasteiger charge is 2.30. The van der Waals surface area contributed by atoms with Gasteiger partial charge in [-0.15, -0.1) is 0 Å². The van der Waals surface area contributed by atoms with Crippen LogP contribution in [0.25, 0.3) is 0 Å². The molecule has 0 fully saturated rings. The van der Waals surface area contributed by atoms with E-state index in [-0.39, 0.29) is 12.8 Å². The van der Waals surface area contributed by atoms with Crippen molar-refractivity contribution in [3.05, 3.63) is 35.9 Å². The molecule has 0 saturated heterocycles. The van der Waals surface area contributed by atoms with Gasteiger partial charge in [-0.3, -0.25) is 28.8 Å². The lowest BCUT2D eigenvalue weighted by atomic mass is 10.0. The highest BCUT2D eigenvalue weighted by atomic mass is 16.4. The zero-order valence-electron chi connectivity index (χ0n) is 19.8. The van der Waals surface area contributed by atoms with Gasteiger partial charge in [-0.2, -0.15) is 0 Å². The summed E-state index contributed by atoms with van der Waals surface area (Å²) in [4.78, 5) is 71.3. The Kier molecular flexibility index (Phi) is 13.2. The zero-order valence-corrected chi connectivity index (χ0v) is 19.8. The topological polar surface area (TPSA) is 257 Å². The molecule has 1 rings (SSSR count). The van der Waals surface area contributed by atoms with Crippen molar-refractivity contribution in [1.29, 1.82) is 0 Å². The number of carboxylic acid groups (broad SMARTS) is 2. The van der Waals surface area contributed by atoms with Crippen LogP contribution in [-0.4, -0.2) is 99.9 Å². The monoisotopic (exact) mass is 525 g/mol. The van der Waals surface area contributed by atoms with Crippen molar-refractivity contribution in [2.45, 2.75) is 43.4 Å². The van der Waals surface area contributed by atoms with Crippen molar-refractivity contribution in [2.24, 2.45) is 5.73 Å². The van der Waals surface area contributed by atoms with Gasteiger partial charge in [0.05, 0.1) is 19.3 Å². The molecule has 0 aromatic heterocycles. The summed E-state index contributed by atoms with van der Waals surface area (Å²) in [7, 11) is 0. The number of hydrogen-bond acceptors (Lipinski definition) is 9. The molecule has 15 heteroatoms.